The molecule has 0 spiro atoms. The lowest BCUT2D eigenvalue weighted by molar-refractivity contribution is 0.630. The van der Waals surface area contributed by atoms with Crippen molar-refractivity contribution in [3.8, 4) is 0 Å². The number of nitrogens with one attached hydrogen (secondary N) is 1. The average Bonchev–Trinajstić information content (AvgIpc) is 2.72. The molecule has 2 aromatic rings. The van der Waals surface area contributed by atoms with Crippen LogP contribution in [0.3, 0.4) is 0 Å². The van der Waals surface area contributed by atoms with Gasteiger partial charge in [-0.05, 0) is 29.1 Å². The molecule has 0 aliphatic rings. The van der Waals surface area contributed by atoms with Crippen LogP contribution in [0.4, 0.5) is 5.95 Å². The van der Waals surface area contributed by atoms with Gasteiger partial charge in [0.2, 0.25) is 0 Å². The first-order valence-corrected chi connectivity index (χ1v) is 5.14. The lowest BCUT2D eigenvalue weighted by Crippen LogP contribution is -2.01. The van der Waals surface area contributed by atoms with Crippen molar-refractivity contribution in [3.05, 3.63) is 21.9 Å². The summed E-state index contributed by atoms with van der Waals surface area (Å²) in [4.78, 5) is 2.74. The summed E-state index contributed by atoms with van der Waals surface area (Å²) in [6, 6.07) is 2.10. The Kier molecular flexibility index (Phi) is 2.45. The summed E-state index contributed by atoms with van der Waals surface area (Å²) in [5.41, 5.74) is 1.30. The van der Waals surface area contributed by atoms with E-state index in [1.54, 1.807) is 18.4 Å². The van der Waals surface area contributed by atoms with E-state index in [1.165, 1.54) is 15.2 Å². The fraction of sp³-hybridized carbons (Fsp3) is 0.375. The maximum atomic E-state index is 4.03. The Balaban J connectivity index is 1.98. The number of aromatic nitrogens is 4. The highest BCUT2D eigenvalue weighted by molar-refractivity contribution is 7.10. The van der Waals surface area contributed by atoms with Crippen molar-refractivity contribution in [2.45, 2.75) is 13.5 Å². The predicted octanol–water partition coefficient (Wildman–Crippen LogP) is 1.19. The van der Waals surface area contributed by atoms with Gasteiger partial charge in [0.05, 0.1) is 13.6 Å². The third kappa shape index (κ3) is 1.90. The summed E-state index contributed by atoms with van der Waals surface area (Å²) >= 11 is 1.73. The van der Waals surface area contributed by atoms with E-state index in [1.807, 2.05) is 0 Å². The molecule has 0 saturated heterocycles. The van der Waals surface area contributed by atoms with Crippen LogP contribution >= 0.6 is 11.3 Å². The molecule has 0 fully saturated rings. The Bertz CT molecular complexity index is 419. The minimum atomic E-state index is 0.570. The zero-order chi connectivity index (χ0) is 9.97. The molecule has 0 radical (unpaired) electrons. The highest BCUT2D eigenvalue weighted by atomic mass is 32.1. The molecule has 14 heavy (non-hydrogen) atoms. The highest BCUT2D eigenvalue weighted by Crippen LogP contribution is 2.15. The Hall–Kier alpha value is -1.43. The maximum absolute atomic E-state index is 4.03. The molecule has 2 aromatic heterocycles. The first-order chi connectivity index (χ1) is 6.75. The highest BCUT2D eigenvalue weighted by Gasteiger charge is 2.02. The lowest BCUT2D eigenvalue weighted by atomic mass is 10.3. The first kappa shape index (κ1) is 9.14. The maximum Gasteiger partial charge on any atom is 0.263 e. The molecule has 74 valence electrons. The van der Waals surface area contributed by atoms with Gasteiger partial charge in [-0.3, -0.25) is 0 Å². The van der Waals surface area contributed by atoms with Gasteiger partial charge in [0.1, 0.15) is 0 Å². The Labute approximate surface area is 85.8 Å². The standard InChI is InChI=1S/C8H11N5S/c1-6-3-4-14-7(6)5-9-8-10-12-13(2)11-8/h3-4H,5H2,1-2H3,(H,9,11). The van der Waals surface area contributed by atoms with Crippen molar-refractivity contribution in [3.63, 3.8) is 0 Å². The Morgan fingerprint density at radius 1 is 1.57 bits per heavy atom. The van der Waals surface area contributed by atoms with Crippen molar-refractivity contribution in [2.24, 2.45) is 7.05 Å². The third-order valence-corrected chi connectivity index (χ3v) is 2.91. The zero-order valence-corrected chi connectivity index (χ0v) is 8.88. The monoisotopic (exact) mass is 209 g/mol. The van der Waals surface area contributed by atoms with E-state index < -0.39 is 0 Å². The van der Waals surface area contributed by atoms with E-state index in [0.29, 0.717) is 5.95 Å². The number of tetrazole rings is 1. The smallest absolute Gasteiger partial charge is 0.263 e. The van der Waals surface area contributed by atoms with Crippen LogP contribution in [-0.2, 0) is 13.6 Å². The van der Waals surface area contributed by atoms with Crippen LogP contribution in [0.2, 0.25) is 0 Å². The quantitative estimate of drug-likeness (QED) is 0.825. The molecule has 5 nitrogen and oxygen atoms in total. The van der Waals surface area contributed by atoms with Crippen LogP contribution in [-0.4, -0.2) is 20.2 Å². The molecule has 0 atom stereocenters. The van der Waals surface area contributed by atoms with Gasteiger partial charge in [0.25, 0.3) is 5.95 Å². The molecule has 1 N–H and O–H groups in total. The van der Waals surface area contributed by atoms with Crippen molar-refractivity contribution in [2.75, 3.05) is 5.32 Å². The molecule has 0 aromatic carbocycles. The van der Waals surface area contributed by atoms with E-state index in [2.05, 4.69) is 39.1 Å². The fourth-order valence-electron chi connectivity index (χ4n) is 1.10. The number of hydrogen-bond donors (Lipinski definition) is 1. The van der Waals surface area contributed by atoms with E-state index in [9.17, 15) is 0 Å². The molecule has 0 aliphatic carbocycles. The minimum absolute atomic E-state index is 0.570. The van der Waals surface area contributed by atoms with Crippen LogP contribution in [0.15, 0.2) is 11.4 Å². The van der Waals surface area contributed by atoms with Gasteiger partial charge in [-0.25, -0.2) is 0 Å². The molecule has 0 amide bonds. The number of aryl methyl sites for hydroxylation is 2. The summed E-state index contributed by atoms with van der Waals surface area (Å²) in [6.07, 6.45) is 0. The van der Waals surface area contributed by atoms with Crippen molar-refractivity contribution in [1.29, 1.82) is 0 Å². The van der Waals surface area contributed by atoms with Gasteiger partial charge in [0.15, 0.2) is 0 Å². The van der Waals surface area contributed by atoms with Gasteiger partial charge in [-0.15, -0.1) is 16.4 Å². The molecule has 2 rings (SSSR count). The van der Waals surface area contributed by atoms with Gasteiger partial charge in [-0.2, -0.15) is 4.80 Å². The Morgan fingerprint density at radius 2 is 2.43 bits per heavy atom. The number of thiophene rings is 1. The minimum Gasteiger partial charge on any atom is -0.347 e. The van der Waals surface area contributed by atoms with E-state index in [-0.39, 0.29) is 0 Å². The Morgan fingerprint density at radius 3 is 3.00 bits per heavy atom. The van der Waals surface area contributed by atoms with Crippen molar-refractivity contribution >= 4 is 17.3 Å². The molecular formula is C8H11N5S. The van der Waals surface area contributed by atoms with E-state index in [0.717, 1.165) is 6.54 Å². The van der Waals surface area contributed by atoms with Crippen LogP contribution < -0.4 is 5.32 Å². The number of anilines is 1. The van der Waals surface area contributed by atoms with Gasteiger partial charge < -0.3 is 5.32 Å². The second-order valence-electron chi connectivity index (χ2n) is 2.98. The third-order valence-electron chi connectivity index (χ3n) is 1.88. The average molecular weight is 209 g/mol. The molecular weight excluding hydrogens is 198 g/mol. The fourth-order valence-corrected chi connectivity index (χ4v) is 1.95. The molecule has 6 heteroatoms. The number of nitrogens with zero attached hydrogens (tertiary/aromatic N) is 4. The molecule has 2 heterocycles. The summed E-state index contributed by atoms with van der Waals surface area (Å²) in [5.74, 6) is 0.570. The zero-order valence-electron chi connectivity index (χ0n) is 8.06. The topological polar surface area (TPSA) is 55.6 Å². The van der Waals surface area contributed by atoms with Gasteiger partial charge >= 0.3 is 0 Å². The SMILES string of the molecule is Cc1ccsc1CNc1nnn(C)n1. The van der Waals surface area contributed by atoms with Crippen molar-refractivity contribution in [1.82, 2.24) is 20.2 Å². The van der Waals surface area contributed by atoms with Crippen molar-refractivity contribution < 1.29 is 0 Å². The normalized spacial score (nSPS) is 10.4. The number of hydrogen-bond acceptors (Lipinski definition) is 5. The summed E-state index contributed by atoms with van der Waals surface area (Å²) in [6.45, 7) is 2.85. The van der Waals surface area contributed by atoms with Crippen LogP contribution in [0.25, 0.3) is 0 Å². The first-order valence-electron chi connectivity index (χ1n) is 4.26. The summed E-state index contributed by atoms with van der Waals surface area (Å²) in [7, 11) is 1.74. The van der Waals surface area contributed by atoms with Gasteiger partial charge in [-0.1, -0.05) is 5.10 Å². The second-order valence-corrected chi connectivity index (χ2v) is 3.98. The molecule has 0 bridgehead atoms. The van der Waals surface area contributed by atoms with Crippen LogP contribution in [0, 0.1) is 6.92 Å². The van der Waals surface area contributed by atoms with Gasteiger partial charge in [0, 0.05) is 4.88 Å². The molecule has 0 aliphatic heterocycles. The molecule has 0 unspecified atom stereocenters. The number of rotatable bonds is 3. The summed E-state index contributed by atoms with van der Waals surface area (Å²) in [5, 5.41) is 16.8. The summed E-state index contributed by atoms with van der Waals surface area (Å²) < 4.78 is 0. The predicted molar refractivity (Wildman–Crippen MR) is 55.2 cm³/mol. The molecule has 0 saturated carbocycles. The van der Waals surface area contributed by atoms with Crippen LogP contribution in [0.5, 0.6) is 0 Å². The van der Waals surface area contributed by atoms with Crippen LogP contribution in [0.1, 0.15) is 10.4 Å². The largest absolute Gasteiger partial charge is 0.347 e. The lowest BCUT2D eigenvalue weighted by Gasteiger charge is -1.99. The van der Waals surface area contributed by atoms with E-state index in [4.69, 9.17) is 0 Å². The van der Waals surface area contributed by atoms with E-state index >= 15 is 0 Å². The second kappa shape index (κ2) is 3.75.